The molecule has 30 heavy (non-hydrogen) atoms. The van der Waals surface area contributed by atoms with E-state index in [1.165, 1.54) is 28.6 Å². The number of hydrogen-bond acceptors (Lipinski definition) is 4. The number of nitrogens with one attached hydrogen (secondary N) is 1. The van der Waals surface area contributed by atoms with Crippen LogP contribution in [0.3, 0.4) is 0 Å². The lowest BCUT2D eigenvalue weighted by atomic mass is 10.1. The fraction of sp³-hybridized carbons (Fsp3) is 0.350. The van der Waals surface area contributed by atoms with Crippen LogP contribution in [0.5, 0.6) is 5.75 Å². The summed E-state index contributed by atoms with van der Waals surface area (Å²) in [5.41, 5.74) is 0.628. The fourth-order valence-electron chi connectivity index (χ4n) is 3.23. The van der Waals surface area contributed by atoms with Gasteiger partial charge in [0.25, 0.3) is 0 Å². The summed E-state index contributed by atoms with van der Waals surface area (Å²) in [4.78, 5) is 12.4. The minimum absolute atomic E-state index is 0.0224. The first-order chi connectivity index (χ1) is 14.1. The van der Waals surface area contributed by atoms with Crippen LogP contribution in [0.4, 0.5) is 18.9 Å². The second kappa shape index (κ2) is 9.05. The molecule has 0 aliphatic carbocycles. The third-order valence-electron chi connectivity index (χ3n) is 4.62. The second-order valence-corrected chi connectivity index (χ2v) is 8.78. The lowest BCUT2D eigenvalue weighted by Gasteiger charge is -2.26. The van der Waals surface area contributed by atoms with Gasteiger partial charge in [-0.25, -0.2) is 8.42 Å². The van der Waals surface area contributed by atoms with Crippen molar-refractivity contribution in [2.45, 2.75) is 36.9 Å². The number of ether oxygens (including phenoxy) is 1. The zero-order valence-corrected chi connectivity index (χ0v) is 16.8. The van der Waals surface area contributed by atoms with Crippen molar-refractivity contribution in [3.8, 4) is 5.75 Å². The predicted octanol–water partition coefficient (Wildman–Crippen LogP) is 3.94. The van der Waals surface area contributed by atoms with Crippen molar-refractivity contribution in [1.29, 1.82) is 0 Å². The highest BCUT2D eigenvalue weighted by atomic mass is 32.2. The molecule has 0 unspecified atom stereocenters. The van der Waals surface area contributed by atoms with E-state index >= 15 is 0 Å². The lowest BCUT2D eigenvalue weighted by Crippen LogP contribution is -2.36. The molecular weight excluding hydrogens is 421 g/mol. The predicted molar refractivity (Wildman–Crippen MR) is 105 cm³/mol. The maximum absolute atomic E-state index is 13.0. The van der Waals surface area contributed by atoms with Crippen LogP contribution in [-0.2, 0) is 21.2 Å². The van der Waals surface area contributed by atoms with Crippen molar-refractivity contribution in [3.63, 3.8) is 0 Å². The maximum Gasteiger partial charge on any atom is 0.573 e. The van der Waals surface area contributed by atoms with Gasteiger partial charge >= 0.3 is 6.36 Å². The molecule has 162 valence electrons. The summed E-state index contributed by atoms with van der Waals surface area (Å²) in [6.07, 6.45) is -2.35. The van der Waals surface area contributed by atoms with E-state index in [4.69, 9.17) is 0 Å². The van der Waals surface area contributed by atoms with Gasteiger partial charge in [0.15, 0.2) is 0 Å². The van der Waals surface area contributed by atoms with Gasteiger partial charge in [0.05, 0.1) is 12.1 Å². The average Bonchev–Trinajstić information content (AvgIpc) is 2.69. The van der Waals surface area contributed by atoms with Gasteiger partial charge in [-0.1, -0.05) is 30.7 Å². The number of amides is 1. The van der Waals surface area contributed by atoms with Crippen LogP contribution in [0, 0.1) is 0 Å². The van der Waals surface area contributed by atoms with Gasteiger partial charge in [-0.3, -0.25) is 4.79 Å². The minimum atomic E-state index is -4.79. The molecule has 1 aliphatic rings. The lowest BCUT2D eigenvalue weighted by molar-refractivity contribution is -0.274. The Hall–Kier alpha value is -2.59. The van der Waals surface area contributed by atoms with E-state index < -0.39 is 22.3 Å². The molecule has 2 aromatic rings. The van der Waals surface area contributed by atoms with Crippen molar-refractivity contribution < 1.29 is 31.1 Å². The van der Waals surface area contributed by atoms with Crippen LogP contribution in [0.15, 0.2) is 53.4 Å². The summed E-state index contributed by atoms with van der Waals surface area (Å²) in [5.74, 6) is -0.870. The van der Waals surface area contributed by atoms with Gasteiger partial charge < -0.3 is 10.1 Å². The summed E-state index contributed by atoms with van der Waals surface area (Å²) < 4.78 is 67.8. The van der Waals surface area contributed by atoms with Crippen LogP contribution in [0.1, 0.15) is 24.8 Å². The number of benzene rings is 2. The SMILES string of the molecule is O=C(Cc1ccc(OC(F)(F)F)cc1)Nc1ccccc1S(=O)(=O)N1CCCCC1. The highest BCUT2D eigenvalue weighted by Crippen LogP contribution is 2.27. The molecule has 1 N–H and O–H groups in total. The standard InChI is InChI=1S/C20H21F3N2O4S/c21-20(22,23)29-16-10-8-15(9-11-16)14-19(26)24-17-6-2-3-7-18(17)30(27,28)25-12-4-1-5-13-25/h2-3,6-11H,1,4-5,12-14H2,(H,24,26). The Labute approximate surface area is 172 Å². The van der Waals surface area contributed by atoms with Crippen LogP contribution in [-0.4, -0.2) is 38.1 Å². The van der Waals surface area contributed by atoms with E-state index in [1.54, 1.807) is 12.1 Å². The molecule has 0 bridgehead atoms. The number of nitrogens with zero attached hydrogens (tertiary/aromatic N) is 1. The van der Waals surface area contributed by atoms with Crippen molar-refractivity contribution in [2.75, 3.05) is 18.4 Å². The van der Waals surface area contributed by atoms with Gasteiger partial charge in [0, 0.05) is 13.1 Å². The topological polar surface area (TPSA) is 75.7 Å². The Balaban J connectivity index is 1.70. The number of para-hydroxylation sites is 1. The molecule has 1 fully saturated rings. The molecule has 1 heterocycles. The Kier molecular flexibility index (Phi) is 6.67. The fourth-order valence-corrected chi connectivity index (χ4v) is 4.89. The molecule has 0 saturated carbocycles. The van der Waals surface area contributed by atoms with Gasteiger partial charge in [0.1, 0.15) is 10.6 Å². The molecule has 1 amide bonds. The zero-order chi connectivity index (χ0) is 21.8. The van der Waals surface area contributed by atoms with E-state index in [9.17, 15) is 26.4 Å². The highest BCUT2D eigenvalue weighted by molar-refractivity contribution is 7.89. The zero-order valence-electron chi connectivity index (χ0n) is 16.0. The number of carbonyl (C=O) groups excluding carboxylic acids is 1. The molecular formula is C20H21F3N2O4S. The minimum Gasteiger partial charge on any atom is -0.406 e. The van der Waals surface area contributed by atoms with Gasteiger partial charge in [-0.05, 0) is 42.7 Å². The van der Waals surface area contributed by atoms with Gasteiger partial charge in [0.2, 0.25) is 15.9 Å². The van der Waals surface area contributed by atoms with Crippen molar-refractivity contribution >= 4 is 21.6 Å². The summed E-state index contributed by atoms with van der Waals surface area (Å²) in [5, 5.41) is 2.60. The van der Waals surface area contributed by atoms with Gasteiger partial charge in [-0.15, -0.1) is 13.2 Å². The summed E-state index contributed by atoms with van der Waals surface area (Å²) in [6.45, 7) is 0.883. The van der Waals surface area contributed by atoms with Crippen LogP contribution < -0.4 is 10.1 Å². The Bertz CT molecular complexity index is 986. The number of alkyl halides is 3. The Morgan fingerprint density at radius 3 is 2.27 bits per heavy atom. The highest BCUT2D eigenvalue weighted by Gasteiger charge is 2.31. The van der Waals surface area contributed by atoms with E-state index in [1.807, 2.05) is 0 Å². The summed E-state index contributed by atoms with van der Waals surface area (Å²) in [6, 6.07) is 11.1. The first-order valence-electron chi connectivity index (χ1n) is 9.39. The van der Waals surface area contributed by atoms with E-state index in [0.29, 0.717) is 18.7 Å². The molecule has 6 nitrogen and oxygen atoms in total. The number of carbonyl (C=O) groups is 1. The van der Waals surface area contributed by atoms with E-state index in [0.717, 1.165) is 31.4 Å². The van der Waals surface area contributed by atoms with Crippen LogP contribution in [0.2, 0.25) is 0 Å². The maximum atomic E-state index is 13.0. The summed E-state index contributed by atoms with van der Waals surface area (Å²) in [7, 11) is -3.74. The number of rotatable bonds is 6. The third kappa shape index (κ3) is 5.73. The monoisotopic (exact) mass is 442 g/mol. The molecule has 3 rings (SSSR count). The van der Waals surface area contributed by atoms with E-state index in [2.05, 4.69) is 10.1 Å². The second-order valence-electron chi connectivity index (χ2n) is 6.88. The van der Waals surface area contributed by atoms with Crippen molar-refractivity contribution in [3.05, 3.63) is 54.1 Å². The number of halogens is 3. The number of hydrogen-bond donors (Lipinski definition) is 1. The molecule has 0 spiro atoms. The van der Waals surface area contributed by atoms with Crippen LogP contribution in [0.25, 0.3) is 0 Å². The van der Waals surface area contributed by atoms with Gasteiger partial charge in [-0.2, -0.15) is 4.31 Å². The average molecular weight is 442 g/mol. The first kappa shape index (κ1) is 22.1. The summed E-state index contributed by atoms with van der Waals surface area (Å²) >= 11 is 0. The Morgan fingerprint density at radius 2 is 1.63 bits per heavy atom. The first-order valence-corrected chi connectivity index (χ1v) is 10.8. The largest absolute Gasteiger partial charge is 0.573 e. The van der Waals surface area contributed by atoms with Crippen LogP contribution >= 0.6 is 0 Å². The quantitative estimate of drug-likeness (QED) is 0.735. The van der Waals surface area contributed by atoms with Crippen molar-refractivity contribution in [2.24, 2.45) is 0 Å². The normalized spacial score (nSPS) is 15.6. The number of anilines is 1. The Morgan fingerprint density at radius 1 is 1.00 bits per heavy atom. The smallest absolute Gasteiger partial charge is 0.406 e. The molecule has 10 heteroatoms. The third-order valence-corrected chi connectivity index (χ3v) is 6.57. The van der Waals surface area contributed by atoms with E-state index in [-0.39, 0.29) is 22.8 Å². The molecule has 0 atom stereocenters. The molecule has 0 radical (unpaired) electrons. The molecule has 1 aliphatic heterocycles. The molecule has 2 aromatic carbocycles. The molecule has 1 saturated heterocycles. The van der Waals surface area contributed by atoms with Crippen molar-refractivity contribution in [1.82, 2.24) is 4.31 Å². The number of sulfonamides is 1. The molecule has 0 aromatic heterocycles. The number of piperidine rings is 1.